The van der Waals surface area contributed by atoms with Crippen LogP contribution in [0.3, 0.4) is 0 Å². The van der Waals surface area contributed by atoms with Crippen LogP contribution in [-0.4, -0.2) is 45.9 Å². The Hall–Kier alpha value is -1.02. The summed E-state index contributed by atoms with van der Waals surface area (Å²) in [6.07, 6.45) is 2.05. The van der Waals surface area contributed by atoms with E-state index in [0.29, 0.717) is 6.61 Å². The van der Waals surface area contributed by atoms with Gasteiger partial charge in [0.2, 0.25) is 0 Å². The Kier molecular flexibility index (Phi) is 13.9. The van der Waals surface area contributed by atoms with Gasteiger partial charge in [-0.1, -0.05) is 17.7 Å². The van der Waals surface area contributed by atoms with E-state index in [-0.39, 0.29) is 24.0 Å². The molecular weight excluding hydrogens is 405 g/mol. The summed E-state index contributed by atoms with van der Waals surface area (Å²) in [5.74, 6) is 1.76. The third kappa shape index (κ3) is 11.2. The number of unbranched alkanes of at least 4 members (excludes halogenated alkanes) is 1. The first-order chi connectivity index (χ1) is 10.8. The minimum atomic E-state index is 0. The molecule has 0 bridgehead atoms. The summed E-state index contributed by atoms with van der Waals surface area (Å²) in [5, 5.41) is 6.49. The number of benzene rings is 1. The van der Waals surface area contributed by atoms with Crippen molar-refractivity contribution in [2.75, 3.05) is 40.0 Å². The summed E-state index contributed by atoms with van der Waals surface area (Å²) < 4.78 is 11.0. The number of aryl methyl sites for hydroxylation is 1. The van der Waals surface area contributed by atoms with Crippen LogP contribution in [0.15, 0.2) is 29.3 Å². The van der Waals surface area contributed by atoms with Crippen molar-refractivity contribution in [3.05, 3.63) is 29.8 Å². The number of ether oxygens (including phenoxy) is 2. The summed E-state index contributed by atoms with van der Waals surface area (Å²) in [6, 6.07) is 8.15. The summed E-state index contributed by atoms with van der Waals surface area (Å²) >= 11 is 0. The largest absolute Gasteiger partial charge is 0.494 e. The second-order valence-electron chi connectivity index (χ2n) is 4.99. The summed E-state index contributed by atoms with van der Waals surface area (Å²) in [5.41, 5.74) is 1.25. The predicted molar refractivity (Wildman–Crippen MR) is 107 cm³/mol. The van der Waals surface area contributed by atoms with Gasteiger partial charge >= 0.3 is 0 Å². The van der Waals surface area contributed by atoms with Crippen LogP contribution in [-0.2, 0) is 4.74 Å². The second-order valence-corrected chi connectivity index (χ2v) is 4.99. The third-order valence-corrected chi connectivity index (χ3v) is 3.12. The molecule has 132 valence electrons. The van der Waals surface area contributed by atoms with Crippen molar-refractivity contribution in [3.63, 3.8) is 0 Å². The topological polar surface area (TPSA) is 54.9 Å². The van der Waals surface area contributed by atoms with Gasteiger partial charge in [-0.25, -0.2) is 0 Å². The predicted octanol–water partition coefficient (Wildman–Crippen LogP) is 2.97. The fraction of sp³-hybridized carbons (Fsp3) is 0.588. The molecule has 1 aromatic carbocycles. The Morgan fingerprint density at radius 3 is 2.39 bits per heavy atom. The molecule has 0 aliphatic carbocycles. The molecule has 0 radical (unpaired) electrons. The highest BCUT2D eigenvalue weighted by Gasteiger charge is 1.97. The van der Waals surface area contributed by atoms with Crippen LogP contribution < -0.4 is 15.4 Å². The van der Waals surface area contributed by atoms with Crippen LogP contribution in [0.5, 0.6) is 5.75 Å². The van der Waals surface area contributed by atoms with Gasteiger partial charge in [0, 0.05) is 26.7 Å². The molecule has 0 unspecified atom stereocenters. The monoisotopic (exact) mass is 435 g/mol. The summed E-state index contributed by atoms with van der Waals surface area (Å²) in [6.45, 7) is 7.89. The van der Waals surface area contributed by atoms with Crippen LogP contribution >= 0.6 is 24.0 Å². The minimum absolute atomic E-state index is 0. The maximum atomic E-state index is 5.70. The molecule has 6 heteroatoms. The number of nitrogens with zero attached hydrogens (tertiary/aromatic N) is 1. The van der Waals surface area contributed by atoms with Gasteiger partial charge in [-0.3, -0.25) is 4.99 Å². The van der Waals surface area contributed by atoms with Crippen LogP contribution in [0.2, 0.25) is 0 Å². The highest BCUT2D eigenvalue weighted by molar-refractivity contribution is 14.0. The molecule has 0 fully saturated rings. The van der Waals surface area contributed by atoms with Crippen molar-refractivity contribution in [1.82, 2.24) is 10.6 Å². The van der Waals surface area contributed by atoms with E-state index in [9.17, 15) is 0 Å². The molecule has 0 aliphatic heterocycles. The number of rotatable bonds is 10. The molecule has 0 aliphatic rings. The first-order valence-corrected chi connectivity index (χ1v) is 7.98. The first-order valence-electron chi connectivity index (χ1n) is 7.98. The van der Waals surface area contributed by atoms with E-state index in [4.69, 9.17) is 9.47 Å². The number of halogens is 1. The van der Waals surface area contributed by atoms with Crippen molar-refractivity contribution in [3.8, 4) is 5.75 Å². The average Bonchev–Trinajstić information content (AvgIpc) is 2.54. The van der Waals surface area contributed by atoms with Gasteiger partial charge in [-0.15, -0.1) is 24.0 Å². The molecule has 1 rings (SSSR count). The van der Waals surface area contributed by atoms with E-state index >= 15 is 0 Å². The molecule has 0 aromatic heterocycles. The zero-order valence-electron chi connectivity index (χ0n) is 14.4. The van der Waals surface area contributed by atoms with Gasteiger partial charge in [-0.2, -0.15) is 0 Å². The number of hydrogen-bond acceptors (Lipinski definition) is 3. The Morgan fingerprint density at radius 2 is 1.74 bits per heavy atom. The zero-order chi connectivity index (χ0) is 16.0. The number of hydrogen-bond donors (Lipinski definition) is 2. The van der Waals surface area contributed by atoms with Gasteiger partial charge in [0.05, 0.1) is 13.2 Å². The highest BCUT2D eigenvalue weighted by atomic mass is 127. The second kappa shape index (κ2) is 14.6. The van der Waals surface area contributed by atoms with E-state index in [1.54, 1.807) is 7.05 Å². The molecular formula is C17H30IN3O2. The quantitative estimate of drug-likeness (QED) is 0.257. The fourth-order valence-electron chi connectivity index (χ4n) is 1.86. The standard InChI is InChI=1S/C17H29N3O2.HI/c1-4-21-14-12-20-17(18-3)19-11-5-6-13-22-16-9-7-15(2)8-10-16;/h7-10H,4-6,11-14H2,1-3H3,(H2,18,19,20);1H. The molecule has 0 saturated heterocycles. The van der Waals surface area contributed by atoms with Gasteiger partial charge < -0.3 is 20.1 Å². The van der Waals surface area contributed by atoms with Crippen molar-refractivity contribution < 1.29 is 9.47 Å². The van der Waals surface area contributed by atoms with Crippen LogP contribution in [0.4, 0.5) is 0 Å². The summed E-state index contributed by atoms with van der Waals surface area (Å²) in [7, 11) is 1.77. The van der Waals surface area contributed by atoms with Crippen molar-refractivity contribution >= 4 is 29.9 Å². The van der Waals surface area contributed by atoms with E-state index in [1.807, 2.05) is 19.1 Å². The summed E-state index contributed by atoms with van der Waals surface area (Å²) in [4.78, 5) is 4.17. The van der Waals surface area contributed by atoms with E-state index < -0.39 is 0 Å². The fourth-order valence-corrected chi connectivity index (χ4v) is 1.86. The molecule has 2 N–H and O–H groups in total. The van der Waals surface area contributed by atoms with Crippen LogP contribution in [0, 0.1) is 6.92 Å². The third-order valence-electron chi connectivity index (χ3n) is 3.12. The normalized spacial score (nSPS) is 10.8. The first kappa shape index (κ1) is 22.0. The molecule has 0 atom stereocenters. The van der Waals surface area contributed by atoms with Crippen LogP contribution in [0.25, 0.3) is 0 Å². The molecule has 0 amide bonds. The zero-order valence-corrected chi connectivity index (χ0v) is 16.8. The Bertz CT molecular complexity index is 424. The SMILES string of the molecule is CCOCCNC(=NC)NCCCCOc1ccc(C)cc1.I. The Balaban J connectivity index is 0.00000484. The van der Waals surface area contributed by atoms with E-state index in [1.165, 1.54) is 5.56 Å². The number of aliphatic imine (C=N–C) groups is 1. The number of nitrogens with one attached hydrogen (secondary N) is 2. The van der Waals surface area contributed by atoms with Gasteiger partial charge in [0.1, 0.15) is 5.75 Å². The smallest absolute Gasteiger partial charge is 0.191 e. The number of guanidine groups is 1. The molecule has 23 heavy (non-hydrogen) atoms. The van der Waals surface area contributed by atoms with E-state index in [2.05, 4.69) is 34.7 Å². The lowest BCUT2D eigenvalue weighted by Crippen LogP contribution is -2.39. The molecule has 0 spiro atoms. The molecule has 5 nitrogen and oxygen atoms in total. The van der Waals surface area contributed by atoms with Gasteiger partial charge in [-0.05, 0) is 38.8 Å². The van der Waals surface area contributed by atoms with Crippen LogP contribution in [0.1, 0.15) is 25.3 Å². The lowest BCUT2D eigenvalue weighted by atomic mass is 10.2. The van der Waals surface area contributed by atoms with Crippen molar-refractivity contribution in [2.24, 2.45) is 4.99 Å². The maximum Gasteiger partial charge on any atom is 0.191 e. The molecule has 0 heterocycles. The lowest BCUT2D eigenvalue weighted by Gasteiger charge is -2.12. The Labute approximate surface area is 157 Å². The molecule has 0 saturated carbocycles. The maximum absolute atomic E-state index is 5.70. The highest BCUT2D eigenvalue weighted by Crippen LogP contribution is 2.11. The van der Waals surface area contributed by atoms with Crippen molar-refractivity contribution in [1.29, 1.82) is 0 Å². The van der Waals surface area contributed by atoms with E-state index in [0.717, 1.165) is 50.9 Å². The Morgan fingerprint density at radius 1 is 1.04 bits per heavy atom. The average molecular weight is 435 g/mol. The lowest BCUT2D eigenvalue weighted by molar-refractivity contribution is 0.152. The van der Waals surface area contributed by atoms with Gasteiger partial charge in [0.25, 0.3) is 0 Å². The molecule has 1 aromatic rings. The van der Waals surface area contributed by atoms with Gasteiger partial charge in [0.15, 0.2) is 5.96 Å². The van der Waals surface area contributed by atoms with Crippen molar-refractivity contribution in [2.45, 2.75) is 26.7 Å². The minimum Gasteiger partial charge on any atom is -0.494 e.